The molecule has 12 heavy (non-hydrogen) atoms. The van der Waals surface area contributed by atoms with Crippen LogP contribution in [-0.2, 0) is 4.79 Å². The van der Waals surface area contributed by atoms with Gasteiger partial charge < -0.3 is 9.94 Å². The summed E-state index contributed by atoms with van der Waals surface area (Å²) >= 11 is 0. The molecular formula is C7H10N2O3. The summed E-state index contributed by atoms with van der Waals surface area (Å²) in [6.45, 7) is 0.369. The maximum atomic E-state index is 10.1. The largest absolute Gasteiger partial charge is 0.481 e. The Morgan fingerprint density at radius 1 is 1.67 bits per heavy atom. The van der Waals surface area contributed by atoms with Crippen LogP contribution < -0.4 is 4.84 Å². The van der Waals surface area contributed by atoms with Gasteiger partial charge in [-0.25, -0.2) is 0 Å². The number of carbonyl (C=O) groups is 1. The normalized spacial score (nSPS) is 9.67. The summed E-state index contributed by atoms with van der Waals surface area (Å²) in [6.07, 6.45) is 3.87. The molecule has 0 aromatic carbocycles. The molecule has 5 nitrogen and oxygen atoms in total. The van der Waals surface area contributed by atoms with Gasteiger partial charge in [0.25, 0.3) is 0 Å². The number of aliphatic carboxylic acids is 1. The maximum Gasteiger partial charge on any atom is 0.303 e. The number of hydrogen-bond donors (Lipinski definition) is 1. The Morgan fingerprint density at radius 2 is 2.50 bits per heavy atom. The predicted molar refractivity (Wildman–Crippen MR) is 40.5 cm³/mol. The van der Waals surface area contributed by atoms with Crippen molar-refractivity contribution < 1.29 is 14.7 Å². The van der Waals surface area contributed by atoms with Crippen LogP contribution in [-0.4, -0.2) is 27.6 Å². The van der Waals surface area contributed by atoms with E-state index >= 15 is 0 Å². The second kappa shape index (κ2) is 4.38. The van der Waals surface area contributed by atoms with Crippen molar-refractivity contribution in [2.45, 2.75) is 12.8 Å². The van der Waals surface area contributed by atoms with Crippen LogP contribution in [0.4, 0.5) is 0 Å². The summed E-state index contributed by atoms with van der Waals surface area (Å²) in [5.41, 5.74) is 0. The summed E-state index contributed by atoms with van der Waals surface area (Å²) in [7, 11) is 0. The Morgan fingerprint density at radius 3 is 3.08 bits per heavy atom. The highest BCUT2D eigenvalue weighted by molar-refractivity contribution is 5.66. The van der Waals surface area contributed by atoms with Crippen LogP contribution in [0.25, 0.3) is 0 Å². The molecule has 0 aliphatic rings. The molecule has 1 aromatic heterocycles. The number of rotatable bonds is 5. The lowest BCUT2D eigenvalue weighted by Gasteiger charge is -2.02. The van der Waals surface area contributed by atoms with E-state index in [1.807, 2.05) is 0 Å². The molecule has 5 heteroatoms. The highest BCUT2D eigenvalue weighted by Gasteiger charge is 1.96. The van der Waals surface area contributed by atoms with Gasteiger partial charge >= 0.3 is 5.97 Å². The lowest BCUT2D eigenvalue weighted by molar-refractivity contribution is -0.137. The van der Waals surface area contributed by atoms with Crippen LogP contribution in [0.15, 0.2) is 18.5 Å². The van der Waals surface area contributed by atoms with Gasteiger partial charge in [-0.3, -0.25) is 4.79 Å². The molecule has 0 unspecified atom stereocenters. The molecule has 0 spiro atoms. The van der Waals surface area contributed by atoms with Crippen LogP contribution in [0.5, 0.6) is 0 Å². The van der Waals surface area contributed by atoms with Crippen molar-refractivity contribution in [1.29, 1.82) is 0 Å². The molecule has 1 N–H and O–H groups in total. The zero-order chi connectivity index (χ0) is 8.81. The Hall–Kier alpha value is -1.52. The SMILES string of the molecule is O=C(O)CCCOn1cccn1. The number of aromatic nitrogens is 2. The Balaban J connectivity index is 2.07. The molecule has 0 aliphatic carbocycles. The van der Waals surface area contributed by atoms with E-state index in [0.717, 1.165) is 0 Å². The van der Waals surface area contributed by atoms with Gasteiger partial charge in [-0.05, 0) is 12.5 Å². The molecule has 0 saturated heterocycles. The molecular weight excluding hydrogens is 160 g/mol. The van der Waals surface area contributed by atoms with E-state index in [0.29, 0.717) is 13.0 Å². The fraction of sp³-hybridized carbons (Fsp3) is 0.429. The quantitative estimate of drug-likeness (QED) is 0.640. The summed E-state index contributed by atoms with van der Waals surface area (Å²) in [5, 5.41) is 12.1. The van der Waals surface area contributed by atoms with Crippen molar-refractivity contribution in [2.24, 2.45) is 0 Å². The summed E-state index contributed by atoms with van der Waals surface area (Å²) in [4.78, 5) is 16.4. The van der Waals surface area contributed by atoms with Gasteiger partial charge in [-0.2, -0.15) is 0 Å². The molecule has 1 aromatic rings. The fourth-order valence-corrected chi connectivity index (χ4v) is 0.713. The second-order valence-corrected chi connectivity index (χ2v) is 2.24. The molecule has 0 atom stereocenters. The minimum atomic E-state index is -0.806. The van der Waals surface area contributed by atoms with Gasteiger partial charge in [-0.1, -0.05) is 0 Å². The first-order chi connectivity index (χ1) is 5.79. The number of carboxylic acids is 1. The molecule has 0 amide bonds. The topological polar surface area (TPSA) is 64.3 Å². The molecule has 0 aliphatic heterocycles. The van der Waals surface area contributed by atoms with Gasteiger partial charge in [0.1, 0.15) is 6.61 Å². The summed E-state index contributed by atoms with van der Waals surface area (Å²) < 4.78 is 0. The minimum absolute atomic E-state index is 0.126. The standard InChI is InChI=1S/C7H10N2O3/c10-7(11)3-1-6-12-9-5-2-4-8-9/h2,4-5H,1,3,6H2,(H,10,11). The highest BCUT2D eigenvalue weighted by atomic mass is 16.7. The van der Waals surface area contributed by atoms with Gasteiger partial charge in [0.05, 0.1) is 12.4 Å². The van der Waals surface area contributed by atoms with Gasteiger partial charge in [0.2, 0.25) is 0 Å². The Kier molecular flexibility index (Phi) is 3.13. The van der Waals surface area contributed by atoms with Crippen molar-refractivity contribution in [3.05, 3.63) is 18.5 Å². The average Bonchev–Trinajstić information content (AvgIpc) is 2.49. The molecule has 66 valence electrons. The van der Waals surface area contributed by atoms with Crippen molar-refractivity contribution in [2.75, 3.05) is 6.61 Å². The van der Waals surface area contributed by atoms with Gasteiger partial charge in [-0.15, -0.1) is 9.94 Å². The average molecular weight is 170 g/mol. The monoisotopic (exact) mass is 170 g/mol. The van der Waals surface area contributed by atoms with Crippen LogP contribution in [0.1, 0.15) is 12.8 Å². The highest BCUT2D eigenvalue weighted by Crippen LogP contribution is 1.88. The summed E-state index contributed by atoms with van der Waals surface area (Å²) in [5.74, 6) is -0.806. The van der Waals surface area contributed by atoms with Crippen LogP contribution in [0.3, 0.4) is 0 Å². The maximum absolute atomic E-state index is 10.1. The Labute approximate surface area is 69.5 Å². The number of carboxylic acid groups (broad SMARTS) is 1. The van der Waals surface area contributed by atoms with Crippen LogP contribution in [0, 0.1) is 0 Å². The second-order valence-electron chi connectivity index (χ2n) is 2.24. The first-order valence-corrected chi connectivity index (χ1v) is 3.64. The zero-order valence-electron chi connectivity index (χ0n) is 6.51. The molecule has 1 rings (SSSR count). The minimum Gasteiger partial charge on any atom is -0.481 e. The molecule has 0 bridgehead atoms. The van der Waals surface area contributed by atoms with E-state index in [9.17, 15) is 4.79 Å². The van der Waals surface area contributed by atoms with Crippen LogP contribution >= 0.6 is 0 Å². The van der Waals surface area contributed by atoms with E-state index < -0.39 is 5.97 Å². The first-order valence-electron chi connectivity index (χ1n) is 3.64. The molecule has 1 heterocycles. The molecule has 0 fully saturated rings. The molecule has 0 radical (unpaired) electrons. The van der Waals surface area contributed by atoms with E-state index in [-0.39, 0.29) is 6.42 Å². The van der Waals surface area contributed by atoms with Crippen molar-refractivity contribution in [3.8, 4) is 0 Å². The lowest BCUT2D eigenvalue weighted by atomic mass is 10.3. The fourth-order valence-electron chi connectivity index (χ4n) is 0.713. The van der Waals surface area contributed by atoms with E-state index in [1.165, 1.54) is 4.85 Å². The van der Waals surface area contributed by atoms with Gasteiger partial charge in [0.15, 0.2) is 0 Å². The van der Waals surface area contributed by atoms with Gasteiger partial charge in [0, 0.05) is 6.42 Å². The number of nitrogens with zero attached hydrogens (tertiary/aromatic N) is 2. The van der Waals surface area contributed by atoms with E-state index in [1.54, 1.807) is 18.5 Å². The van der Waals surface area contributed by atoms with E-state index in [2.05, 4.69) is 5.10 Å². The first kappa shape index (κ1) is 8.58. The van der Waals surface area contributed by atoms with E-state index in [4.69, 9.17) is 9.94 Å². The third kappa shape index (κ3) is 3.05. The lowest BCUT2D eigenvalue weighted by Crippen LogP contribution is -2.13. The summed E-state index contributed by atoms with van der Waals surface area (Å²) in [6, 6.07) is 1.73. The number of hydrogen-bond acceptors (Lipinski definition) is 3. The third-order valence-electron chi connectivity index (χ3n) is 1.24. The predicted octanol–water partition coefficient (Wildman–Crippen LogP) is 0.176. The van der Waals surface area contributed by atoms with Crippen molar-refractivity contribution >= 4 is 5.97 Å². The molecule has 0 saturated carbocycles. The smallest absolute Gasteiger partial charge is 0.303 e. The van der Waals surface area contributed by atoms with Crippen molar-refractivity contribution in [3.63, 3.8) is 0 Å². The third-order valence-corrected chi connectivity index (χ3v) is 1.24. The van der Waals surface area contributed by atoms with Crippen molar-refractivity contribution in [1.82, 2.24) is 9.94 Å². The zero-order valence-corrected chi connectivity index (χ0v) is 6.51. The van der Waals surface area contributed by atoms with Crippen LogP contribution in [0.2, 0.25) is 0 Å². The Bertz CT molecular complexity index is 233.